The number of carbonyl (C=O) groups excluding carboxylic acids is 1. The molecule has 6 nitrogen and oxygen atoms in total. The Morgan fingerprint density at radius 2 is 1.82 bits per heavy atom. The Morgan fingerprint density at radius 3 is 2.61 bits per heavy atom. The fourth-order valence-corrected chi connectivity index (χ4v) is 5.59. The summed E-state index contributed by atoms with van der Waals surface area (Å²) in [5.74, 6) is -0.191. The summed E-state index contributed by atoms with van der Waals surface area (Å²) in [6.07, 6.45) is 0. The zero-order chi connectivity index (χ0) is 19.7. The highest BCUT2D eigenvalue weighted by Gasteiger charge is 2.36. The summed E-state index contributed by atoms with van der Waals surface area (Å²) < 4.78 is 27.1. The average molecular weight is 409 g/mol. The van der Waals surface area contributed by atoms with Gasteiger partial charge in [0.15, 0.2) is 0 Å². The predicted octanol–water partition coefficient (Wildman–Crippen LogP) is 3.60. The number of hydrogen-bond donors (Lipinski definition) is 1. The molecular formula is C20H15N3O3S2. The first kappa shape index (κ1) is 18.3. The topological polar surface area (TPSA) is 90.3 Å². The van der Waals surface area contributed by atoms with Gasteiger partial charge in [-0.25, -0.2) is 8.42 Å². The summed E-state index contributed by atoms with van der Waals surface area (Å²) in [5.41, 5.74) is 1.07. The van der Waals surface area contributed by atoms with Gasteiger partial charge in [-0.05, 0) is 29.7 Å². The first-order valence-electron chi connectivity index (χ1n) is 8.45. The lowest BCUT2D eigenvalue weighted by atomic mass is 10.1. The first-order valence-corrected chi connectivity index (χ1v) is 10.9. The molecular weight excluding hydrogens is 394 g/mol. The number of hydrogen-bond acceptors (Lipinski definition) is 5. The van der Waals surface area contributed by atoms with Crippen LogP contribution in [0, 0.1) is 11.3 Å². The van der Waals surface area contributed by atoms with E-state index in [-0.39, 0.29) is 17.2 Å². The second-order valence-corrected chi connectivity index (χ2v) is 8.98. The van der Waals surface area contributed by atoms with Gasteiger partial charge in [0, 0.05) is 10.3 Å². The maximum absolute atomic E-state index is 13.0. The lowest BCUT2D eigenvalue weighted by molar-refractivity contribution is -0.114. The molecule has 0 fully saturated rings. The quantitative estimate of drug-likeness (QED) is 0.650. The van der Waals surface area contributed by atoms with Crippen LogP contribution in [0.3, 0.4) is 0 Å². The highest BCUT2D eigenvalue weighted by Crippen LogP contribution is 2.41. The number of nitriles is 1. The number of rotatable bonds is 5. The molecule has 1 aliphatic rings. The van der Waals surface area contributed by atoms with Crippen LogP contribution in [0.25, 0.3) is 10.8 Å². The van der Waals surface area contributed by atoms with Crippen molar-refractivity contribution in [3.8, 4) is 6.07 Å². The minimum absolute atomic E-state index is 0.221. The third-order valence-electron chi connectivity index (χ3n) is 4.42. The van der Waals surface area contributed by atoms with Gasteiger partial charge >= 0.3 is 0 Å². The summed E-state index contributed by atoms with van der Waals surface area (Å²) in [6.45, 7) is -0.326. The minimum atomic E-state index is -3.79. The fourth-order valence-electron chi connectivity index (χ4n) is 3.25. The van der Waals surface area contributed by atoms with Crippen LogP contribution >= 0.6 is 11.8 Å². The molecule has 140 valence electrons. The Bertz CT molecular complexity index is 1230. The Hall–Kier alpha value is -3.02. The van der Waals surface area contributed by atoms with Gasteiger partial charge in [0.1, 0.15) is 6.54 Å². The normalized spacial score (nSPS) is 14.0. The van der Waals surface area contributed by atoms with Crippen molar-refractivity contribution in [3.63, 3.8) is 0 Å². The van der Waals surface area contributed by atoms with E-state index in [1.807, 2.05) is 18.2 Å². The Kier molecular flexibility index (Phi) is 4.71. The standard InChI is InChI=1S/C20H15N3O3S2/c21-11-12-27-17-9-2-1-7-15(17)22-19(24)13-23-16-8-3-5-14-6-4-10-18(20(14)16)28(23,25)26/h1-10H,12-13H2,(H,22,24). The van der Waals surface area contributed by atoms with Crippen LogP contribution in [0.5, 0.6) is 0 Å². The van der Waals surface area contributed by atoms with Gasteiger partial charge in [-0.2, -0.15) is 5.26 Å². The maximum Gasteiger partial charge on any atom is 0.265 e. The largest absolute Gasteiger partial charge is 0.323 e. The number of nitrogens with zero attached hydrogens (tertiary/aromatic N) is 2. The lowest BCUT2D eigenvalue weighted by Gasteiger charge is -2.19. The fraction of sp³-hybridized carbons (Fsp3) is 0.100. The maximum atomic E-state index is 13.0. The van der Waals surface area contributed by atoms with E-state index in [0.29, 0.717) is 16.8 Å². The van der Waals surface area contributed by atoms with Gasteiger partial charge in [0.25, 0.3) is 10.0 Å². The van der Waals surface area contributed by atoms with Crippen molar-refractivity contribution in [2.45, 2.75) is 9.79 Å². The number of para-hydroxylation sites is 1. The van der Waals surface area contributed by atoms with Crippen LogP contribution in [0.2, 0.25) is 0 Å². The summed E-state index contributed by atoms with van der Waals surface area (Å²) in [6, 6.07) is 19.6. The van der Waals surface area contributed by atoms with E-state index in [2.05, 4.69) is 11.4 Å². The molecule has 0 aliphatic carbocycles. The molecule has 0 aromatic heterocycles. The highest BCUT2D eigenvalue weighted by molar-refractivity contribution is 7.99. The van der Waals surface area contributed by atoms with E-state index in [0.717, 1.165) is 14.6 Å². The first-order chi connectivity index (χ1) is 13.5. The number of anilines is 2. The molecule has 0 unspecified atom stereocenters. The molecule has 1 aliphatic heterocycles. The molecule has 1 N–H and O–H groups in total. The molecule has 0 spiro atoms. The Labute approximate surface area is 166 Å². The minimum Gasteiger partial charge on any atom is -0.323 e. The van der Waals surface area contributed by atoms with Crippen molar-refractivity contribution in [2.75, 3.05) is 21.9 Å². The summed E-state index contributed by atoms with van der Waals surface area (Å²) >= 11 is 1.31. The van der Waals surface area contributed by atoms with Gasteiger partial charge in [-0.1, -0.05) is 36.4 Å². The lowest BCUT2D eigenvalue weighted by Crippen LogP contribution is -2.35. The van der Waals surface area contributed by atoms with Crippen LogP contribution < -0.4 is 9.62 Å². The molecule has 3 aromatic carbocycles. The summed E-state index contributed by atoms with van der Waals surface area (Å²) in [7, 11) is -3.79. The average Bonchev–Trinajstić information content (AvgIpc) is 2.91. The predicted molar refractivity (Wildman–Crippen MR) is 110 cm³/mol. The second-order valence-electron chi connectivity index (χ2n) is 6.13. The number of nitrogens with one attached hydrogen (secondary N) is 1. The van der Waals surface area contributed by atoms with Crippen molar-refractivity contribution >= 4 is 49.8 Å². The number of carbonyl (C=O) groups is 1. The molecule has 0 atom stereocenters. The second kappa shape index (κ2) is 7.19. The van der Waals surface area contributed by atoms with Crippen LogP contribution in [-0.2, 0) is 14.8 Å². The Balaban J connectivity index is 1.62. The van der Waals surface area contributed by atoms with E-state index in [1.165, 1.54) is 11.8 Å². The molecule has 0 saturated carbocycles. The van der Waals surface area contributed by atoms with Crippen LogP contribution in [0.1, 0.15) is 0 Å². The van der Waals surface area contributed by atoms with Crippen LogP contribution in [-0.4, -0.2) is 26.6 Å². The van der Waals surface area contributed by atoms with Crippen molar-refractivity contribution < 1.29 is 13.2 Å². The highest BCUT2D eigenvalue weighted by atomic mass is 32.2. The zero-order valence-electron chi connectivity index (χ0n) is 14.6. The van der Waals surface area contributed by atoms with E-state index < -0.39 is 15.9 Å². The molecule has 0 radical (unpaired) electrons. The van der Waals surface area contributed by atoms with Gasteiger partial charge in [-0.15, -0.1) is 11.8 Å². The van der Waals surface area contributed by atoms with Crippen molar-refractivity contribution in [1.29, 1.82) is 5.26 Å². The smallest absolute Gasteiger partial charge is 0.265 e. The van der Waals surface area contributed by atoms with Gasteiger partial charge in [0.05, 0.1) is 28.1 Å². The van der Waals surface area contributed by atoms with Crippen LogP contribution in [0.15, 0.2) is 70.5 Å². The van der Waals surface area contributed by atoms with Gasteiger partial charge < -0.3 is 5.32 Å². The van der Waals surface area contributed by atoms with E-state index in [4.69, 9.17) is 5.26 Å². The SMILES string of the molecule is N#CCSc1ccccc1NC(=O)CN1c2cccc3cccc(c23)S1(=O)=O. The number of benzene rings is 3. The van der Waals surface area contributed by atoms with E-state index in [9.17, 15) is 13.2 Å². The summed E-state index contributed by atoms with van der Waals surface area (Å²) in [4.78, 5) is 13.6. The molecule has 28 heavy (non-hydrogen) atoms. The third-order valence-corrected chi connectivity index (χ3v) is 7.16. The molecule has 1 amide bonds. The van der Waals surface area contributed by atoms with Crippen molar-refractivity contribution in [2.24, 2.45) is 0 Å². The van der Waals surface area contributed by atoms with Gasteiger partial charge in [-0.3, -0.25) is 9.10 Å². The number of amides is 1. The molecule has 4 rings (SSSR count). The van der Waals surface area contributed by atoms with E-state index >= 15 is 0 Å². The third kappa shape index (κ3) is 3.09. The number of sulfonamides is 1. The van der Waals surface area contributed by atoms with Crippen molar-refractivity contribution in [3.05, 3.63) is 60.7 Å². The Morgan fingerprint density at radius 1 is 1.07 bits per heavy atom. The van der Waals surface area contributed by atoms with Crippen LogP contribution in [0.4, 0.5) is 11.4 Å². The summed E-state index contributed by atoms with van der Waals surface area (Å²) in [5, 5.41) is 13.0. The molecule has 3 aromatic rings. The molecule has 0 bridgehead atoms. The monoisotopic (exact) mass is 409 g/mol. The van der Waals surface area contributed by atoms with Crippen molar-refractivity contribution in [1.82, 2.24) is 0 Å². The number of thioether (sulfide) groups is 1. The van der Waals surface area contributed by atoms with Gasteiger partial charge in [0.2, 0.25) is 5.91 Å². The molecule has 1 heterocycles. The molecule has 0 saturated heterocycles. The van der Waals surface area contributed by atoms with E-state index in [1.54, 1.807) is 42.5 Å². The zero-order valence-corrected chi connectivity index (χ0v) is 16.3. The molecule has 8 heteroatoms.